The van der Waals surface area contributed by atoms with Crippen molar-refractivity contribution in [3.63, 3.8) is 0 Å². The molecule has 0 unspecified atom stereocenters. The van der Waals surface area contributed by atoms with Crippen LogP contribution in [0.3, 0.4) is 0 Å². The lowest BCUT2D eigenvalue weighted by molar-refractivity contribution is 0.532. The van der Waals surface area contributed by atoms with Crippen molar-refractivity contribution in [1.29, 1.82) is 0 Å². The predicted molar refractivity (Wildman–Crippen MR) is 84.2 cm³/mol. The smallest absolute Gasteiger partial charge is 0.283 e. The SMILES string of the molecule is Cc1c(CNc2cnn(CC3CC3)c(=O)c2Br)cnn1C. The van der Waals surface area contributed by atoms with Crippen LogP contribution in [-0.2, 0) is 20.1 Å². The Labute approximate surface area is 131 Å². The zero-order valence-corrected chi connectivity index (χ0v) is 13.7. The largest absolute Gasteiger partial charge is 0.378 e. The molecule has 0 radical (unpaired) electrons. The van der Waals surface area contributed by atoms with E-state index in [0.717, 1.165) is 23.5 Å². The van der Waals surface area contributed by atoms with Gasteiger partial charge in [0.25, 0.3) is 5.56 Å². The molecule has 7 heteroatoms. The van der Waals surface area contributed by atoms with Crippen LogP contribution in [0.1, 0.15) is 24.1 Å². The van der Waals surface area contributed by atoms with Crippen LogP contribution in [-0.4, -0.2) is 19.6 Å². The zero-order valence-electron chi connectivity index (χ0n) is 12.1. The number of halogens is 1. The van der Waals surface area contributed by atoms with Crippen molar-refractivity contribution in [3.05, 3.63) is 38.5 Å². The second kappa shape index (κ2) is 5.63. The van der Waals surface area contributed by atoms with Gasteiger partial charge in [0.1, 0.15) is 4.47 Å². The quantitative estimate of drug-likeness (QED) is 0.895. The van der Waals surface area contributed by atoms with Crippen molar-refractivity contribution in [2.24, 2.45) is 13.0 Å². The Morgan fingerprint density at radius 1 is 1.38 bits per heavy atom. The normalized spacial score (nSPS) is 14.4. The molecule has 112 valence electrons. The van der Waals surface area contributed by atoms with Crippen LogP contribution >= 0.6 is 15.9 Å². The Hall–Kier alpha value is -1.63. The molecule has 0 bridgehead atoms. The van der Waals surface area contributed by atoms with Crippen molar-refractivity contribution < 1.29 is 0 Å². The summed E-state index contributed by atoms with van der Waals surface area (Å²) in [6.07, 6.45) is 5.94. The number of hydrogen-bond donors (Lipinski definition) is 1. The van der Waals surface area contributed by atoms with Crippen LogP contribution in [0.4, 0.5) is 5.69 Å². The minimum Gasteiger partial charge on any atom is -0.378 e. The molecule has 2 aromatic rings. The number of aryl methyl sites for hydroxylation is 1. The van der Waals surface area contributed by atoms with Crippen LogP contribution in [0.2, 0.25) is 0 Å². The summed E-state index contributed by atoms with van der Waals surface area (Å²) in [6, 6.07) is 0. The standard InChI is InChI=1S/C14H18BrN5O/c1-9-11(6-17-19(9)2)5-16-12-7-18-20(8-10-3-4-10)14(21)13(12)15/h6-7,10,16H,3-5,8H2,1-2H3. The van der Waals surface area contributed by atoms with E-state index in [1.165, 1.54) is 12.8 Å². The summed E-state index contributed by atoms with van der Waals surface area (Å²) in [7, 11) is 1.91. The highest BCUT2D eigenvalue weighted by Gasteiger charge is 2.23. The highest BCUT2D eigenvalue weighted by molar-refractivity contribution is 9.10. The molecule has 3 rings (SSSR count). The van der Waals surface area contributed by atoms with Crippen LogP contribution in [0.5, 0.6) is 0 Å². The first-order valence-corrected chi connectivity index (χ1v) is 7.82. The predicted octanol–water partition coefficient (Wildman–Crippen LogP) is 2.07. The van der Waals surface area contributed by atoms with Gasteiger partial charge in [0.2, 0.25) is 0 Å². The molecule has 0 aromatic carbocycles. The lowest BCUT2D eigenvalue weighted by Crippen LogP contribution is -2.25. The third-order valence-electron chi connectivity index (χ3n) is 3.92. The lowest BCUT2D eigenvalue weighted by Gasteiger charge is -2.10. The molecule has 0 spiro atoms. The van der Waals surface area contributed by atoms with Gasteiger partial charge in [0.15, 0.2) is 0 Å². The average Bonchev–Trinajstić information content (AvgIpc) is 3.23. The number of rotatable bonds is 5. The summed E-state index contributed by atoms with van der Waals surface area (Å²) in [5, 5.41) is 11.7. The van der Waals surface area contributed by atoms with Crippen molar-refractivity contribution >= 4 is 21.6 Å². The van der Waals surface area contributed by atoms with Gasteiger partial charge in [-0.3, -0.25) is 9.48 Å². The summed E-state index contributed by atoms with van der Waals surface area (Å²) in [5.41, 5.74) is 2.85. The molecular formula is C14H18BrN5O. The highest BCUT2D eigenvalue weighted by atomic mass is 79.9. The fraction of sp³-hybridized carbons (Fsp3) is 0.500. The number of anilines is 1. The van der Waals surface area contributed by atoms with Crippen molar-refractivity contribution in [2.75, 3.05) is 5.32 Å². The van der Waals surface area contributed by atoms with Crippen molar-refractivity contribution in [1.82, 2.24) is 19.6 Å². The van der Waals surface area contributed by atoms with Crippen LogP contribution in [0, 0.1) is 12.8 Å². The van der Waals surface area contributed by atoms with Crippen LogP contribution in [0.15, 0.2) is 21.7 Å². The molecule has 1 aliphatic carbocycles. The topological polar surface area (TPSA) is 64.7 Å². The fourth-order valence-electron chi connectivity index (χ4n) is 2.17. The third-order valence-corrected chi connectivity index (χ3v) is 4.69. The van der Waals surface area contributed by atoms with E-state index >= 15 is 0 Å². The molecule has 2 aromatic heterocycles. The molecule has 0 atom stereocenters. The average molecular weight is 352 g/mol. The maximum Gasteiger partial charge on any atom is 0.283 e. The first-order valence-electron chi connectivity index (χ1n) is 7.03. The minimum absolute atomic E-state index is 0.0743. The number of nitrogens with one attached hydrogen (secondary N) is 1. The minimum atomic E-state index is -0.0743. The number of nitrogens with zero attached hydrogens (tertiary/aromatic N) is 4. The van der Waals surface area contributed by atoms with Crippen molar-refractivity contribution in [2.45, 2.75) is 32.9 Å². The van der Waals surface area contributed by atoms with E-state index in [0.29, 0.717) is 16.9 Å². The van der Waals surface area contributed by atoms with Crippen molar-refractivity contribution in [3.8, 4) is 0 Å². The summed E-state index contributed by atoms with van der Waals surface area (Å²) in [4.78, 5) is 12.2. The van der Waals surface area contributed by atoms with Crippen LogP contribution in [0.25, 0.3) is 0 Å². The number of hydrogen-bond acceptors (Lipinski definition) is 4. The van der Waals surface area contributed by atoms with E-state index in [9.17, 15) is 4.79 Å². The summed E-state index contributed by atoms with van der Waals surface area (Å²) >= 11 is 3.38. The molecule has 1 fully saturated rings. The Morgan fingerprint density at radius 2 is 2.14 bits per heavy atom. The maximum absolute atomic E-state index is 12.2. The summed E-state index contributed by atoms with van der Waals surface area (Å²) in [6.45, 7) is 3.36. The van der Waals surface area contributed by atoms with Gasteiger partial charge in [0.05, 0.1) is 18.1 Å². The highest BCUT2D eigenvalue weighted by Crippen LogP contribution is 2.30. The fourth-order valence-corrected chi connectivity index (χ4v) is 2.62. The molecule has 0 amide bonds. The monoisotopic (exact) mass is 351 g/mol. The van der Waals surface area contributed by atoms with Gasteiger partial charge in [-0.1, -0.05) is 0 Å². The Balaban J connectivity index is 1.75. The summed E-state index contributed by atoms with van der Waals surface area (Å²) < 4.78 is 3.92. The maximum atomic E-state index is 12.2. The van der Waals surface area contributed by atoms with Gasteiger partial charge in [-0.2, -0.15) is 10.2 Å². The molecule has 1 aliphatic rings. The molecule has 6 nitrogen and oxygen atoms in total. The molecular weight excluding hydrogens is 334 g/mol. The first-order chi connectivity index (χ1) is 10.1. The number of aromatic nitrogens is 4. The van der Waals surface area contributed by atoms with E-state index in [1.807, 2.05) is 24.9 Å². The van der Waals surface area contributed by atoms with Gasteiger partial charge >= 0.3 is 0 Å². The van der Waals surface area contributed by atoms with E-state index in [4.69, 9.17) is 0 Å². The molecule has 2 heterocycles. The van der Waals surface area contributed by atoms with E-state index in [2.05, 4.69) is 31.4 Å². The molecule has 21 heavy (non-hydrogen) atoms. The summed E-state index contributed by atoms with van der Waals surface area (Å²) in [5.74, 6) is 0.624. The Bertz CT molecular complexity index is 717. The van der Waals surface area contributed by atoms with Gasteiger partial charge in [-0.15, -0.1) is 0 Å². The molecule has 1 saturated carbocycles. The van der Waals surface area contributed by atoms with Crippen LogP contribution < -0.4 is 10.9 Å². The lowest BCUT2D eigenvalue weighted by atomic mass is 10.2. The van der Waals surface area contributed by atoms with Gasteiger partial charge in [-0.05, 0) is 41.6 Å². The Morgan fingerprint density at radius 3 is 2.76 bits per heavy atom. The second-order valence-corrected chi connectivity index (χ2v) is 6.33. The van der Waals surface area contributed by atoms with E-state index < -0.39 is 0 Å². The van der Waals surface area contributed by atoms with E-state index in [-0.39, 0.29) is 5.56 Å². The van der Waals surface area contributed by atoms with Gasteiger partial charge in [0, 0.05) is 31.4 Å². The molecule has 1 N–H and O–H groups in total. The molecule has 0 aliphatic heterocycles. The second-order valence-electron chi connectivity index (χ2n) is 5.54. The van der Waals surface area contributed by atoms with Gasteiger partial charge < -0.3 is 5.32 Å². The Kier molecular flexibility index (Phi) is 3.84. The van der Waals surface area contributed by atoms with E-state index in [1.54, 1.807) is 10.9 Å². The van der Waals surface area contributed by atoms with Gasteiger partial charge in [-0.25, -0.2) is 4.68 Å². The zero-order chi connectivity index (χ0) is 15.0. The first kappa shape index (κ1) is 14.3. The third kappa shape index (κ3) is 3.02. The molecule has 0 saturated heterocycles.